The molecule has 0 aromatic carbocycles. The fourth-order valence-electron chi connectivity index (χ4n) is 0.780. The summed E-state index contributed by atoms with van der Waals surface area (Å²) < 4.78 is 9.14. The molecule has 0 atom stereocenters. The second-order valence-corrected chi connectivity index (χ2v) is 2.89. The van der Waals surface area contributed by atoms with Crippen LogP contribution in [0.15, 0.2) is 0 Å². The molecule has 4 nitrogen and oxygen atoms in total. The molecule has 15 heavy (non-hydrogen) atoms. The molecule has 0 heterocycles. The van der Waals surface area contributed by atoms with Gasteiger partial charge in [-0.3, -0.25) is 9.59 Å². The van der Waals surface area contributed by atoms with Crippen LogP contribution >= 0.6 is 0 Å². The fraction of sp³-hybridized carbons (Fsp3) is 0.455. The summed E-state index contributed by atoms with van der Waals surface area (Å²) in [5, 5.41) is 0. The van der Waals surface area contributed by atoms with E-state index in [-0.39, 0.29) is 25.1 Å². The van der Waals surface area contributed by atoms with Crippen molar-refractivity contribution in [3.05, 3.63) is 0 Å². The van der Waals surface area contributed by atoms with Gasteiger partial charge in [0.05, 0.1) is 5.92 Å². The number of carbonyl (C=O) groups is 2. The first-order valence-corrected chi connectivity index (χ1v) is 4.52. The SMILES string of the molecule is O=COCC#CC#CCOC(=O)C1CC1. The molecule has 1 rings (SSSR count). The van der Waals surface area contributed by atoms with E-state index in [2.05, 4.69) is 28.4 Å². The lowest BCUT2D eigenvalue weighted by atomic mass is 10.4. The van der Waals surface area contributed by atoms with Crippen LogP contribution in [0.2, 0.25) is 0 Å². The summed E-state index contributed by atoms with van der Waals surface area (Å²) in [5.41, 5.74) is 0. The van der Waals surface area contributed by atoms with Crippen molar-refractivity contribution in [1.82, 2.24) is 0 Å². The van der Waals surface area contributed by atoms with Gasteiger partial charge in [0.15, 0.2) is 13.2 Å². The molecule has 1 saturated carbocycles. The summed E-state index contributed by atoms with van der Waals surface area (Å²) in [6.07, 6.45) is 1.85. The molecule has 0 saturated heterocycles. The third kappa shape index (κ3) is 5.38. The van der Waals surface area contributed by atoms with Gasteiger partial charge < -0.3 is 9.47 Å². The molecule has 4 heteroatoms. The van der Waals surface area contributed by atoms with Crippen LogP contribution in [0.3, 0.4) is 0 Å². The Labute approximate surface area is 87.9 Å². The van der Waals surface area contributed by atoms with Gasteiger partial charge in [-0.05, 0) is 36.5 Å². The van der Waals surface area contributed by atoms with Gasteiger partial charge in [-0.15, -0.1) is 0 Å². The number of ether oxygens (including phenoxy) is 2. The van der Waals surface area contributed by atoms with Gasteiger partial charge in [-0.2, -0.15) is 0 Å². The van der Waals surface area contributed by atoms with Gasteiger partial charge in [0, 0.05) is 0 Å². The van der Waals surface area contributed by atoms with Gasteiger partial charge in [0.25, 0.3) is 6.47 Å². The van der Waals surface area contributed by atoms with Gasteiger partial charge in [-0.25, -0.2) is 0 Å². The Morgan fingerprint density at radius 1 is 1.27 bits per heavy atom. The van der Waals surface area contributed by atoms with Crippen molar-refractivity contribution in [3.63, 3.8) is 0 Å². The minimum Gasteiger partial charge on any atom is -0.455 e. The quantitative estimate of drug-likeness (QED) is 0.284. The molecule has 0 aromatic heterocycles. The van der Waals surface area contributed by atoms with Crippen molar-refractivity contribution < 1.29 is 19.1 Å². The predicted octanol–water partition coefficient (Wildman–Crippen LogP) is 0.119. The molecule has 0 unspecified atom stereocenters. The van der Waals surface area contributed by atoms with Crippen LogP contribution in [0.4, 0.5) is 0 Å². The molecule has 1 aliphatic carbocycles. The van der Waals surface area contributed by atoms with Gasteiger partial charge in [0.1, 0.15) is 0 Å². The average Bonchev–Trinajstić information content (AvgIpc) is 3.05. The van der Waals surface area contributed by atoms with E-state index in [4.69, 9.17) is 4.74 Å². The van der Waals surface area contributed by atoms with E-state index in [1.54, 1.807) is 0 Å². The summed E-state index contributed by atoms with van der Waals surface area (Å²) in [5.74, 6) is 9.90. The first kappa shape index (κ1) is 11.1. The Morgan fingerprint density at radius 2 is 1.93 bits per heavy atom. The lowest BCUT2D eigenvalue weighted by Gasteiger charge is -1.95. The largest absolute Gasteiger partial charge is 0.455 e. The molecule has 1 aliphatic rings. The molecule has 0 amide bonds. The first-order chi connectivity index (χ1) is 7.34. The van der Waals surface area contributed by atoms with E-state index in [9.17, 15) is 9.59 Å². The normalized spacial score (nSPS) is 12.5. The summed E-state index contributed by atoms with van der Waals surface area (Å²) in [6.45, 7) is 0.415. The van der Waals surface area contributed by atoms with Crippen LogP contribution in [0.1, 0.15) is 12.8 Å². The van der Waals surface area contributed by atoms with Crippen molar-refractivity contribution in [1.29, 1.82) is 0 Å². The van der Waals surface area contributed by atoms with Gasteiger partial charge in [0.2, 0.25) is 0 Å². The van der Waals surface area contributed by atoms with Crippen LogP contribution in [0.5, 0.6) is 0 Å². The smallest absolute Gasteiger partial charge is 0.309 e. The predicted molar refractivity (Wildman–Crippen MR) is 51.3 cm³/mol. The van der Waals surface area contributed by atoms with Crippen molar-refractivity contribution in [3.8, 4) is 23.7 Å². The second-order valence-electron chi connectivity index (χ2n) is 2.89. The highest BCUT2D eigenvalue weighted by Gasteiger charge is 2.30. The van der Waals surface area contributed by atoms with Crippen LogP contribution < -0.4 is 0 Å². The van der Waals surface area contributed by atoms with Crippen molar-refractivity contribution in [2.75, 3.05) is 13.2 Å². The Hall–Kier alpha value is -1.94. The minimum atomic E-state index is -0.179. The second kappa shape index (κ2) is 6.50. The lowest BCUT2D eigenvalue weighted by molar-refractivity contribution is -0.143. The molecular formula is C11H10O4. The Kier molecular flexibility index (Phi) is 4.83. The van der Waals surface area contributed by atoms with Crippen molar-refractivity contribution in [2.24, 2.45) is 5.92 Å². The summed E-state index contributed by atoms with van der Waals surface area (Å²) in [4.78, 5) is 20.7. The van der Waals surface area contributed by atoms with Crippen LogP contribution in [0, 0.1) is 29.6 Å². The third-order valence-electron chi connectivity index (χ3n) is 1.66. The van der Waals surface area contributed by atoms with Crippen LogP contribution in [-0.4, -0.2) is 25.7 Å². The van der Waals surface area contributed by atoms with E-state index >= 15 is 0 Å². The molecule has 0 bridgehead atoms. The highest BCUT2D eigenvalue weighted by molar-refractivity contribution is 5.75. The molecule has 0 N–H and O–H groups in total. The van der Waals surface area contributed by atoms with Crippen LogP contribution in [-0.2, 0) is 19.1 Å². The Bertz CT molecular complexity index is 346. The number of esters is 1. The maximum Gasteiger partial charge on any atom is 0.309 e. The molecule has 0 radical (unpaired) electrons. The molecule has 1 fully saturated rings. The van der Waals surface area contributed by atoms with E-state index in [1.165, 1.54) is 0 Å². The Morgan fingerprint density at radius 3 is 2.53 bits per heavy atom. The van der Waals surface area contributed by atoms with Gasteiger partial charge >= 0.3 is 5.97 Å². The average molecular weight is 206 g/mol. The maximum atomic E-state index is 11.0. The molecular weight excluding hydrogens is 196 g/mol. The molecule has 78 valence electrons. The molecule has 0 aromatic rings. The molecule has 0 spiro atoms. The maximum absolute atomic E-state index is 11.0. The third-order valence-corrected chi connectivity index (χ3v) is 1.66. The number of hydrogen-bond donors (Lipinski definition) is 0. The topological polar surface area (TPSA) is 52.6 Å². The van der Waals surface area contributed by atoms with E-state index in [1.807, 2.05) is 0 Å². The molecule has 0 aliphatic heterocycles. The standard InChI is InChI=1S/C11H10O4/c12-9-14-7-3-1-2-4-8-15-11(13)10-5-6-10/h9-10H,5-8H2. The monoisotopic (exact) mass is 206 g/mol. The fourth-order valence-corrected chi connectivity index (χ4v) is 0.780. The van der Waals surface area contributed by atoms with E-state index < -0.39 is 0 Å². The number of hydrogen-bond acceptors (Lipinski definition) is 4. The lowest BCUT2D eigenvalue weighted by Crippen LogP contribution is -2.06. The zero-order valence-electron chi connectivity index (χ0n) is 8.12. The highest BCUT2D eigenvalue weighted by Crippen LogP contribution is 2.29. The van der Waals surface area contributed by atoms with E-state index in [0.29, 0.717) is 6.47 Å². The van der Waals surface area contributed by atoms with Crippen molar-refractivity contribution >= 4 is 12.4 Å². The summed E-state index contributed by atoms with van der Waals surface area (Å²) in [6, 6.07) is 0. The zero-order chi connectivity index (χ0) is 10.9. The zero-order valence-corrected chi connectivity index (χ0v) is 8.12. The first-order valence-electron chi connectivity index (χ1n) is 4.52. The van der Waals surface area contributed by atoms with Crippen molar-refractivity contribution in [2.45, 2.75) is 12.8 Å². The summed E-state index contributed by atoms with van der Waals surface area (Å²) in [7, 11) is 0. The van der Waals surface area contributed by atoms with E-state index in [0.717, 1.165) is 12.8 Å². The van der Waals surface area contributed by atoms with Gasteiger partial charge in [-0.1, -0.05) is 0 Å². The summed E-state index contributed by atoms with van der Waals surface area (Å²) >= 11 is 0. The Balaban J connectivity index is 2.06. The minimum absolute atomic E-state index is 0.0278. The number of rotatable bonds is 4. The number of carbonyl (C=O) groups excluding carboxylic acids is 2. The highest BCUT2D eigenvalue weighted by atomic mass is 16.5. The van der Waals surface area contributed by atoms with Crippen LogP contribution in [0.25, 0.3) is 0 Å².